The molecular weight excluding hydrogens is 270 g/mol. The summed E-state index contributed by atoms with van der Waals surface area (Å²) in [5, 5.41) is 11.9. The van der Waals surface area contributed by atoms with Crippen molar-refractivity contribution in [3.8, 4) is 0 Å². The molecule has 7 nitrogen and oxygen atoms in total. The number of amides is 3. The second-order valence-corrected chi connectivity index (χ2v) is 4.49. The quantitative estimate of drug-likeness (QED) is 0.666. The molecule has 0 radical (unpaired) electrons. The largest absolute Gasteiger partial charge is 0.352 e. The number of nitrogens with two attached hydrogens (primary N) is 1. The van der Waals surface area contributed by atoms with Crippen molar-refractivity contribution >= 4 is 17.8 Å². The number of aromatic amines is 1. The number of rotatable bonds is 5. The Morgan fingerprint density at radius 3 is 2.62 bits per heavy atom. The molecule has 0 saturated heterocycles. The Morgan fingerprint density at radius 2 is 2.00 bits per heavy atom. The fourth-order valence-corrected chi connectivity index (χ4v) is 1.84. The highest BCUT2D eigenvalue weighted by atomic mass is 16.2. The predicted octanol–water partition coefficient (Wildman–Crippen LogP) is 1.39. The number of nitrogens with zero attached hydrogens (tertiary/aromatic N) is 1. The van der Waals surface area contributed by atoms with Gasteiger partial charge in [0.1, 0.15) is 5.82 Å². The first-order valence-electron chi connectivity index (χ1n) is 6.56. The Kier molecular flexibility index (Phi) is 4.55. The van der Waals surface area contributed by atoms with Gasteiger partial charge in [-0.1, -0.05) is 19.1 Å². The van der Waals surface area contributed by atoms with E-state index in [4.69, 9.17) is 5.73 Å². The molecule has 0 aliphatic heterocycles. The number of urea groups is 1. The Balaban J connectivity index is 2.01. The number of anilines is 1. The Bertz CT molecular complexity index is 633. The van der Waals surface area contributed by atoms with Gasteiger partial charge in [-0.3, -0.25) is 9.89 Å². The van der Waals surface area contributed by atoms with E-state index in [1.165, 1.54) is 0 Å². The lowest BCUT2D eigenvalue weighted by molar-refractivity contribution is 0.102. The van der Waals surface area contributed by atoms with E-state index >= 15 is 0 Å². The van der Waals surface area contributed by atoms with Gasteiger partial charge in [0.2, 0.25) is 0 Å². The molecule has 2 aromatic rings. The highest BCUT2D eigenvalue weighted by Crippen LogP contribution is 2.13. The normalized spacial score (nSPS) is 10.1. The molecular formula is C14H17N5O2. The van der Waals surface area contributed by atoms with Gasteiger partial charge in [-0.25, -0.2) is 4.79 Å². The van der Waals surface area contributed by atoms with Gasteiger partial charge in [-0.15, -0.1) is 0 Å². The predicted molar refractivity (Wildman–Crippen MR) is 78.8 cm³/mol. The summed E-state index contributed by atoms with van der Waals surface area (Å²) in [4.78, 5) is 22.7. The van der Waals surface area contributed by atoms with Crippen LogP contribution in [0.25, 0.3) is 0 Å². The summed E-state index contributed by atoms with van der Waals surface area (Å²) in [5.41, 5.74) is 7.33. The van der Waals surface area contributed by atoms with Crippen LogP contribution in [-0.4, -0.2) is 22.1 Å². The fraction of sp³-hybridized carbons (Fsp3) is 0.214. The molecule has 1 aromatic heterocycles. The number of nitrogens with one attached hydrogen (secondary N) is 3. The first-order chi connectivity index (χ1) is 10.1. The van der Waals surface area contributed by atoms with Gasteiger partial charge in [0.25, 0.3) is 5.91 Å². The number of carbonyl (C=O) groups is 2. The van der Waals surface area contributed by atoms with Gasteiger partial charge in [-0.2, -0.15) is 5.10 Å². The molecule has 0 aliphatic carbocycles. The molecule has 2 rings (SSSR count). The van der Waals surface area contributed by atoms with Crippen LogP contribution in [0.3, 0.4) is 0 Å². The molecule has 0 aliphatic rings. The zero-order valence-electron chi connectivity index (χ0n) is 11.6. The molecule has 7 heteroatoms. The van der Waals surface area contributed by atoms with Crippen LogP contribution in [0, 0.1) is 0 Å². The number of benzene rings is 1. The lowest BCUT2D eigenvalue weighted by Crippen LogP contribution is -2.28. The van der Waals surface area contributed by atoms with Gasteiger partial charge in [0.05, 0.1) is 6.20 Å². The number of H-pyrrole nitrogens is 1. The Labute approximate surface area is 121 Å². The van der Waals surface area contributed by atoms with E-state index in [9.17, 15) is 9.59 Å². The Morgan fingerprint density at radius 1 is 1.29 bits per heavy atom. The van der Waals surface area contributed by atoms with E-state index in [-0.39, 0.29) is 5.91 Å². The van der Waals surface area contributed by atoms with Gasteiger partial charge < -0.3 is 16.4 Å². The van der Waals surface area contributed by atoms with Crippen molar-refractivity contribution in [2.45, 2.75) is 19.9 Å². The molecule has 0 spiro atoms. The van der Waals surface area contributed by atoms with Gasteiger partial charge in [0, 0.05) is 17.7 Å². The number of hydrogen-bond acceptors (Lipinski definition) is 3. The molecule has 5 N–H and O–H groups in total. The Hall–Kier alpha value is -2.83. The summed E-state index contributed by atoms with van der Waals surface area (Å²) < 4.78 is 0. The SMILES string of the molecule is CCc1cn[nH]c1NC(=O)c1ccc(CNC(N)=O)cc1. The standard InChI is InChI=1S/C14H17N5O2/c1-2-10-8-17-19-12(10)18-13(20)11-5-3-9(4-6-11)7-16-14(15)21/h3-6,8H,2,7H2,1H3,(H3,15,16,21)(H2,17,18,19,20). The van der Waals surface area contributed by atoms with Crippen LogP contribution in [0.4, 0.5) is 10.6 Å². The molecule has 21 heavy (non-hydrogen) atoms. The van der Waals surface area contributed by atoms with Crippen molar-refractivity contribution in [1.29, 1.82) is 0 Å². The third-order valence-electron chi connectivity index (χ3n) is 3.02. The van der Waals surface area contributed by atoms with Crippen molar-refractivity contribution in [3.63, 3.8) is 0 Å². The third kappa shape index (κ3) is 3.82. The molecule has 0 saturated carbocycles. The highest BCUT2D eigenvalue weighted by Gasteiger charge is 2.10. The highest BCUT2D eigenvalue weighted by molar-refractivity contribution is 6.04. The molecule has 3 amide bonds. The van der Waals surface area contributed by atoms with E-state index in [1.807, 2.05) is 6.92 Å². The van der Waals surface area contributed by atoms with Gasteiger partial charge >= 0.3 is 6.03 Å². The maximum Gasteiger partial charge on any atom is 0.312 e. The monoisotopic (exact) mass is 287 g/mol. The maximum absolute atomic E-state index is 12.1. The van der Waals surface area contributed by atoms with E-state index in [1.54, 1.807) is 30.5 Å². The first kappa shape index (κ1) is 14.6. The number of aryl methyl sites for hydroxylation is 1. The second-order valence-electron chi connectivity index (χ2n) is 4.49. The minimum absolute atomic E-state index is 0.219. The van der Waals surface area contributed by atoms with Gasteiger partial charge in [0.15, 0.2) is 0 Å². The summed E-state index contributed by atoms with van der Waals surface area (Å²) in [6, 6.07) is 6.32. The average molecular weight is 287 g/mol. The summed E-state index contributed by atoms with van der Waals surface area (Å²) in [7, 11) is 0. The molecule has 0 unspecified atom stereocenters. The second kappa shape index (κ2) is 6.56. The molecule has 110 valence electrons. The smallest absolute Gasteiger partial charge is 0.312 e. The third-order valence-corrected chi connectivity index (χ3v) is 3.02. The van der Waals surface area contributed by atoms with Crippen molar-refractivity contribution in [1.82, 2.24) is 15.5 Å². The molecule has 1 aromatic carbocycles. The lowest BCUT2D eigenvalue weighted by Gasteiger charge is -2.06. The van der Waals surface area contributed by atoms with Crippen molar-refractivity contribution in [3.05, 3.63) is 47.2 Å². The van der Waals surface area contributed by atoms with Crippen molar-refractivity contribution in [2.75, 3.05) is 5.32 Å². The van der Waals surface area contributed by atoms with E-state index in [0.717, 1.165) is 17.5 Å². The zero-order chi connectivity index (χ0) is 15.2. The first-order valence-corrected chi connectivity index (χ1v) is 6.56. The van der Waals surface area contributed by atoms with Crippen molar-refractivity contribution < 1.29 is 9.59 Å². The van der Waals surface area contributed by atoms with E-state index < -0.39 is 6.03 Å². The maximum atomic E-state index is 12.1. The summed E-state index contributed by atoms with van der Waals surface area (Å²) >= 11 is 0. The van der Waals surface area contributed by atoms with Crippen molar-refractivity contribution in [2.24, 2.45) is 5.73 Å². The van der Waals surface area contributed by atoms with Crippen LogP contribution in [0.5, 0.6) is 0 Å². The summed E-state index contributed by atoms with van der Waals surface area (Å²) in [6.07, 6.45) is 2.47. The van der Waals surface area contributed by atoms with Crippen LogP contribution < -0.4 is 16.4 Å². The summed E-state index contributed by atoms with van der Waals surface area (Å²) in [5.74, 6) is 0.394. The minimum Gasteiger partial charge on any atom is -0.352 e. The minimum atomic E-state index is -0.580. The molecule has 0 bridgehead atoms. The lowest BCUT2D eigenvalue weighted by atomic mass is 10.1. The number of hydrogen-bond donors (Lipinski definition) is 4. The van der Waals surface area contributed by atoms with Crippen LogP contribution in [0.2, 0.25) is 0 Å². The van der Waals surface area contributed by atoms with Crippen LogP contribution in [0.1, 0.15) is 28.4 Å². The number of aromatic nitrogens is 2. The molecule has 0 atom stereocenters. The van der Waals surface area contributed by atoms with Crippen LogP contribution >= 0.6 is 0 Å². The van der Waals surface area contributed by atoms with E-state index in [0.29, 0.717) is 17.9 Å². The fourth-order valence-electron chi connectivity index (χ4n) is 1.84. The zero-order valence-corrected chi connectivity index (χ0v) is 11.6. The van der Waals surface area contributed by atoms with Crippen LogP contribution in [-0.2, 0) is 13.0 Å². The average Bonchev–Trinajstić information content (AvgIpc) is 2.92. The molecule has 0 fully saturated rings. The molecule has 1 heterocycles. The number of primary amides is 1. The topological polar surface area (TPSA) is 113 Å². The summed E-state index contributed by atoms with van der Waals surface area (Å²) in [6.45, 7) is 2.32. The van der Waals surface area contributed by atoms with Crippen LogP contribution in [0.15, 0.2) is 30.5 Å². The number of carbonyl (C=O) groups excluding carboxylic acids is 2. The van der Waals surface area contributed by atoms with Gasteiger partial charge in [-0.05, 0) is 24.1 Å². The van der Waals surface area contributed by atoms with E-state index in [2.05, 4.69) is 20.8 Å².